The van der Waals surface area contributed by atoms with Crippen LogP contribution in [0.4, 0.5) is 0 Å². The number of methoxy groups -OCH3 is 1. The summed E-state index contributed by atoms with van der Waals surface area (Å²) >= 11 is 4.72. The van der Waals surface area contributed by atoms with Crippen LogP contribution in [0.5, 0.6) is 0 Å². The third kappa shape index (κ3) is 5.94. The third-order valence-electron chi connectivity index (χ3n) is 1.10. The topological polar surface area (TPSA) is 38.5 Å². The van der Waals surface area contributed by atoms with Gasteiger partial charge < -0.3 is 10.5 Å². The predicted molar refractivity (Wildman–Crippen MR) is 46.2 cm³/mol. The molecule has 0 spiro atoms. The van der Waals surface area contributed by atoms with Gasteiger partial charge in [0.25, 0.3) is 0 Å². The Morgan fingerprint density at radius 2 is 2.30 bits per heavy atom. The Morgan fingerprint density at radius 3 is 2.70 bits per heavy atom. The van der Waals surface area contributed by atoms with Gasteiger partial charge >= 0.3 is 0 Å². The SMILES string of the molecule is COCCN(C)CC(N)=S. The molecule has 0 aliphatic carbocycles. The van der Waals surface area contributed by atoms with Crippen molar-refractivity contribution < 1.29 is 4.74 Å². The average molecular weight is 162 g/mol. The van der Waals surface area contributed by atoms with Gasteiger partial charge in [0.1, 0.15) is 0 Å². The Hall–Kier alpha value is -0.190. The van der Waals surface area contributed by atoms with Crippen LogP contribution in [0, 0.1) is 0 Å². The van der Waals surface area contributed by atoms with Gasteiger partial charge in [-0.1, -0.05) is 12.2 Å². The van der Waals surface area contributed by atoms with Crippen molar-refractivity contribution in [2.75, 3.05) is 33.9 Å². The van der Waals surface area contributed by atoms with E-state index in [4.69, 9.17) is 22.7 Å². The summed E-state index contributed by atoms with van der Waals surface area (Å²) in [6, 6.07) is 0. The van der Waals surface area contributed by atoms with Crippen LogP contribution in [0.3, 0.4) is 0 Å². The highest BCUT2D eigenvalue weighted by Crippen LogP contribution is 1.81. The van der Waals surface area contributed by atoms with Crippen molar-refractivity contribution in [1.82, 2.24) is 4.90 Å². The molecule has 0 aromatic rings. The highest BCUT2D eigenvalue weighted by molar-refractivity contribution is 7.80. The quantitative estimate of drug-likeness (QED) is 0.571. The monoisotopic (exact) mass is 162 g/mol. The van der Waals surface area contributed by atoms with Gasteiger partial charge in [-0.3, -0.25) is 4.90 Å². The van der Waals surface area contributed by atoms with E-state index in [1.165, 1.54) is 0 Å². The molecule has 60 valence electrons. The van der Waals surface area contributed by atoms with Gasteiger partial charge in [0.05, 0.1) is 11.6 Å². The van der Waals surface area contributed by atoms with E-state index in [0.29, 0.717) is 11.5 Å². The summed E-state index contributed by atoms with van der Waals surface area (Å²) in [5, 5.41) is 0. The summed E-state index contributed by atoms with van der Waals surface area (Å²) in [5.74, 6) is 0. The first kappa shape index (κ1) is 9.81. The maximum Gasteiger partial charge on any atom is 0.0869 e. The molecule has 0 aliphatic rings. The fourth-order valence-corrected chi connectivity index (χ4v) is 0.813. The minimum Gasteiger partial charge on any atom is -0.392 e. The zero-order valence-corrected chi connectivity index (χ0v) is 7.28. The lowest BCUT2D eigenvalue weighted by atomic mass is 10.5. The molecular formula is C6H14N2OS. The third-order valence-corrected chi connectivity index (χ3v) is 1.23. The van der Waals surface area contributed by atoms with Crippen LogP contribution < -0.4 is 5.73 Å². The van der Waals surface area contributed by atoms with Gasteiger partial charge in [0, 0.05) is 20.2 Å². The van der Waals surface area contributed by atoms with Crippen molar-refractivity contribution in [1.29, 1.82) is 0 Å². The van der Waals surface area contributed by atoms with Crippen LogP contribution in [-0.2, 0) is 4.74 Å². The molecule has 0 saturated carbocycles. The summed E-state index contributed by atoms with van der Waals surface area (Å²) in [4.78, 5) is 2.55. The minimum atomic E-state index is 0.526. The van der Waals surface area contributed by atoms with E-state index in [0.717, 1.165) is 13.2 Å². The van der Waals surface area contributed by atoms with Crippen molar-refractivity contribution >= 4 is 17.2 Å². The van der Waals surface area contributed by atoms with Crippen molar-refractivity contribution in [3.8, 4) is 0 Å². The van der Waals surface area contributed by atoms with Gasteiger partial charge in [-0.2, -0.15) is 0 Å². The van der Waals surface area contributed by atoms with E-state index in [1.54, 1.807) is 7.11 Å². The van der Waals surface area contributed by atoms with Crippen molar-refractivity contribution in [3.05, 3.63) is 0 Å². The second kappa shape index (κ2) is 5.58. The maximum atomic E-state index is 5.31. The molecule has 3 nitrogen and oxygen atoms in total. The number of nitrogens with zero attached hydrogens (tertiary/aromatic N) is 1. The zero-order chi connectivity index (χ0) is 7.98. The van der Waals surface area contributed by atoms with E-state index in [-0.39, 0.29) is 0 Å². The molecular weight excluding hydrogens is 148 g/mol. The number of hydrogen-bond donors (Lipinski definition) is 1. The molecule has 4 heteroatoms. The molecule has 0 aliphatic heterocycles. The van der Waals surface area contributed by atoms with Crippen LogP contribution in [0.2, 0.25) is 0 Å². The lowest BCUT2D eigenvalue weighted by Crippen LogP contribution is -2.31. The second-order valence-corrected chi connectivity index (χ2v) is 2.72. The Kier molecular flexibility index (Phi) is 5.48. The number of likely N-dealkylation sites (N-methyl/N-ethyl adjacent to an activating group) is 1. The van der Waals surface area contributed by atoms with Crippen molar-refractivity contribution in [3.63, 3.8) is 0 Å². The normalized spacial score (nSPS) is 10.3. The Balaban J connectivity index is 3.25. The number of hydrogen-bond acceptors (Lipinski definition) is 3. The summed E-state index contributed by atoms with van der Waals surface area (Å²) in [6.45, 7) is 2.26. The number of rotatable bonds is 5. The highest BCUT2D eigenvalue weighted by Gasteiger charge is 1.97. The van der Waals surface area contributed by atoms with Crippen LogP contribution in [-0.4, -0.2) is 43.7 Å². The van der Waals surface area contributed by atoms with Crippen molar-refractivity contribution in [2.45, 2.75) is 0 Å². The van der Waals surface area contributed by atoms with Crippen LogP contribution in [0.1, 0.15) is 0 Å². The lowest BCUT2D eigenvalue weighted by Gasteiger charge is -2.13. The predicted octanol–water partition coefficient (Wildman–Crippen LogP) is -0.149. The summed E-state index contributed by atoms with van der Waals surface area (Å²) < 4.78 is 4.87. The number of nitrogens with two attached hydrogens (primary N) is 1. The van der Waals surface area contributed by atoms with Crippen molar-refractivity contribution in [2.24, 2.45) is 5.73 Å². The molecule has 0 atom stereocenters. The molecule has 2 N–H and O–H groups in total. The lowest BCUT2D eigenvalue weighted by molar-refractivity contribution is 0.168. The summed E-state index contributed by atoms with van der Waals surface area (Å²) in [7, 11) is 3.63. The molecule has 0 radical (unpaired) electrons. The number of ether oxygens (including phenoxy) is 1. The first-order valence-corrected chi connectivity index (χ1v) is 3.53. The molecule has 0 aromatic carbocycles. The van der Waals surface area contributed by atoms with E-state index in [2.05, 4.69) is 0 Å². The molecule has 0 heterocycles. The highest BCUT2D eigenvalue weighted by atomic mass is 32.1. The molecule has 0 bridgehead atoms. The van der Waals surface area contributed by atoms with Gasteiger partial charge in [-0.25, -0.2) is 0 Å². The Labute approximate surface area is 67.1 Å². The molecule has 0 amide bonds. The first-order valence-electron chi connectivity index (χ1n) is 3.12. The van der Waals surface area contributed by atoms with Crippen LogP contribution in [0.25, 0.3) is 0 Å². The van der Waals surface area contributed by atoms with E-state index >= 15 is 0 Å². The van der Waals surface area contributed by atoms with Gasteiger partial charge in [-0.15, -0.1) is 0 Å². The van der Waals surface area contributed by atoms with E-state index in [1.807, 2.05) is 11.9 Å². The van der Waals surface area contributed by atoms with E-state index in [9.17, 15) is 0 Å². The smallest absolute Gasteiger partial charge is 0.0869 e. The Bertz CT molecular complexity index is 108. The van der Waals surface area contributed by atoms with Crippen LogP contribution in [0.15, 0.2) is 0 Å². The van der Waals surface area contributed by atoms with E-state index < -0.39 is 0 Å². The number of thiocarbonyl (C=S) groups is 1. The zero-order valence-electron chi connectivity index (χ0n) is 6.46. The van der Waals surface area contributed by atoms with Gasteiger partial charge in [0.15, 0.2) is 0 Å². The molecule has 0 fully saturated rings. The average Bonchev–Trinajstić information content (AvgIpc) is 1.82. The maximum absolute atomic E-state index is 5.31. The minimum absolute atomic E-state index is 0.526. The fourth-order valence-electron chi connectivity index (χ4n) is 0.592. The summed E-state index contributed by atoms with van der Waals surface area (Å²) in [6.07, 6.45) is 0. The Morgan fingerprint density at radius 1 is 1.70 bits per heavy atom. The second-order valence-electron chi connectivity index (χ2n) is 2.20. The first-order chi connectivity index (χ1) is 4.66. The standard InChI is InChI=1S/C6H14N2OS/c1-8(3-4-9-2)5-6(7)10/h3-5H2,1-2H3,(H2,7,10). The molecule has 0 unspecified atom stereocenters. The van der Waals surface area contributed by atoms with Gasteiger partial charge in [-0.05, 0) is 7.05 Å². The molecule has 0 saturated heterocycles. The largest absolute Gasteiger partial charge is 0.392 e. The van der Waals surface area contributed by atoms with Gasteiger partial charge in [0.2, 0.25) is 0 Å². The molecule has 0 aromatic heterocycles. The van der Waals surface area contributed by atoms with Crippen LogP contribution >= 0.6 is 12.2 Å². The summed E-state index contributed by atoms with van der Waals surface area (Å²) in [5.41, 5.74) is 5.31. The molecule has 0 rings (SSSR count). The molecule has 10 heavy (non-hydrogen) atoms. The fraction of sp³-hybridized carbons (Fsp3) is 0.833.